The summed E-state index contributed by atoms with van der Waals surface area (Å²) in [5.74, 6) is -1.52. The molecule has 0 bridgehead atoms. The number of rotatable bonds is 7. The van der Waals surface area contributed by atoms with E-state index in [0.717, 1.165) is 11.1 Å². The molecule has 2 N–H and O–H groups in total. The smallest absolute Gasteiger partial charge is 0.306 e. The molecule has 0 spiro atoms. The van der Waals surface area contributed by atoms with Crippen molar-refractivity contribution in [2.45, 2.75) is 19.4 Å². The second-order valence-corrected chi connectivity index (χ2v) is 5.66. The maximum Gasteiger partial charge on any atom is 0.306 e. The van der Waals surface area contributed by atoms with Crippen molar-refractivity contribution in [2.75, 3.05) is 12.4 Å². The number of benzene rings is 2. The zero-order chi connectivity index (χ0) is 17.5. The molecule has 5 nitrogen and oxygen atoms in total. The van der Waals surface area contributed by atoms with Crippen LogP contribution >= 0.6 is 0 Å². The van der Waals surface area contributed by atoms with Crippen LogP contribution in [0, 0.1) is 5.92 Å². The Morgan fingerprint density at radius 3 is 2.25 bits per heavy atom. The van der Waals surface area contributed by atoms with Crippen molar-refractivity contribution in [3.63, 3.8) is 0 Å². The number of nitrogens with one attached hydrogen (secondary N) is 1. The van der Waals surface area contributed by atoms with Gasteiger partial charge >= 0.3 is 5.97 Å². The number of hydrogen-bond donors (Lipinski definition) is 2. The number of amides is 1. The van der Waals surface area contributed by atoms with Crippen molar-refractivity contribution in [3.8, 4) is 0 Å². The average molecular weight is 327 g/mol. The molecule has 0 heterocycles. The summed E-state index contributed by atoms with van der Waals surface area (Å²) in [6.07, 6.45) is -0.230. The summed E-state index contributed by atoms with van der Waals surface area (Å²) in [7, 11) is 1.49. The fourth-order valence-corrected chi connectivity index (χ4v) is 2.40. The van der Waals surface area contributed by atoms with Gasteiger partial charge in [-0.25, -0.2) is 0 Å². The molecule has 1 amide bonds. The zero-order valence-electron chi connectivity index (χ0n) is 13.7. The van der Waals surface area contributed by atoms with Crippen molar-refractivity contribution in [2.24, 2.45) is 5.92 Å². The van der Waals surface area contributed by atoms with Gasteiger partial charge in [0.05, 0.1) is 5.92 Å². The number of carbonyl (C=O) groups is 2. The van der Waals surface area contributed by atoms with E-state index in [1.165, 1.54) is 7.11 Å². The number of carbonyl (C=O) groups excluding carboxylic acids is 1. The summed E-state index contributed by atoms with van der Waals surface area (Å²) in [6, 6.07) is 16.4. The van der Waals surface area contributed by atoms with Gasteiger partial charge in [-0.2, -0.15) is 0 Å². The minimum atomic E-state index is -0.821. The topological polar surface area (TPSA) is 75.6 Å². The monoisotopic (exact) mass is 327 g/mol. The minimum Gasteiger partial charge on any atom is -0.481 e. The first kappa shape index (κ1) is 17.7. The van der Waals surface area contributed by atoms with Crippen molar-refractivity contribution in [1.29, 1.82) is 0 Å². The van der Waals surface area contributed by atoms with Crippen LogP contribution in [0.1, 0.15) is 24.2 Å². The molecule has 0 saturated heterocycles. The lowest BCUT2D eigenvalue weighted by Gasteiger charge is -2.16. The highest BCUT2D eigenvalue weighted by atomic mass is 16.5. The van der Waals surface area contributed by atoms with Gasteiger partial charge < -0.3 is 15.2 Å². The molecule has 0 saturated carbocycles. The molecule has 0 fully saturated rings. The van der Waals surface area contributed by atoms with Gasteiger partial charge in [0.25, 0.3) is 5.91 Å². The van der Waals surface area contributed by atoms with Crippen LogP contribution in [-0.4, -0.2) is 24.1 Å². The Hall–Kier alpha value is -2.66. The number of anilines is 1. The van der Waals surface area contributed by atoms with Crippen LogP contribution in [0.15, 0.2) is 54.6 Å². The molecule has 0 aliphatic rings. The number of carboxylic acid groups (broad SMARTS) is 1. The second-order valence-electron chi connectivity index (χ2n) is 5.66. The average Bonchev–Trinajstić information content (AvgIpc) is 2.58. The Morgan fingerprint density at radius 1 is 1.08 bits per heavy atom. The normalized spacial score (nSPS) is 13.1. The molecule has 2 rings (SSSR count). The lowest BCUT2D eigenvalue weighted by Crippen LogP contribution is -2.22. The lowest BCUT2D eigenvalue weighted by molar-refractivity contribution is -0.141. The molecule has 24 heavy (non-hydrogen) atoms. The molecule has 126 valence electrons. The van der Waals surface area contributed by atoms with Gasteiger partial charge in [0, 0.05) is 12.8 Å². The summed E-state index contributed by atoms with van der Waals surface area (Å²) >= 11 is 0. The number of ether oxygens (including phenoxy) is 1. The molecular formula is C19H21NO4. The van der Waals surface area contributed by atoms with Crippen LogP contribution in [-0.2, 0) is 20.7 Å². The van der Waals surface area contributed by atoms with Crippen molar-refractivity contribution in [3.05, 3.63) is 65.7 Å². The lowest BCUT2D eigenvalue weighted by atomic mass is 10.0. The first-order valence-corrected chi connectivity index (χ1v) is 7.71. The van der Waals surface area contributed by atoms with E-state index < -0.39 is 18.0 Å². The molecule has 2 atom stereocenters. The first-order chi connectivity index (χ1) is 11.5. The highest BCUT2D eigenvalue weighted by molar-refractivity contribution is 5.94. The summed E-state index contributed by atoms with van der Waals surface area (Å²) in [4.78, 5) is 23.3. The standard InChI is InChI=1S/C19H21NO4/c1-13(19(22)23)12-14-8-10-16(11-9-14)20-18(21)17(24-2)15-6-4-3-5-7-15/h3-11,13,17H,12H2,1-2H3,(H,20,21)(H,22,23)/t13?,17-/m1/s1. The van der Waals surface area contributed by atoms with Crippen LogP contribution in [0.25, 0.3) is 0 Å². The maximum atomic E-state index is 12.4. The van der Waals surface area contributed by atoms with Crippen molar-refractivity contribution >= 4 is 17.6 Å². The van der Waals surface area contributed by atoms with E-state index in [0.29, 0.717) is 12.1 Å². The Morgan fingerprint density at radius 2 is 1.71 bits per heavy atom. The zero-order valence-corrected chi connectivity index (χ0v) is 13.7. The number of hydrogen-bond acceptors (Lipinski definition) is 3. The second kappa shape index (κ2) is 8.26. The molecule has 5 heteroatoms. The van der Waals surface area contributed by atoms with Crippen LogP contribution in [0.5, 0.6) is 0 Å². The maximum absolute atomic E-state index is 12.4. The number of methoxy groups -OCH3 is 1. The highest BCUT2D eigenvalue weighted by Crippen LogP contribution is 2.20. The Balaban J connectivity index is 2.02. The van der Waals surface area contributed by atoms with Gasteiger partial charge in [0.15, 0.2) is 6.10 Å². The third-order valence-electron chi connectivity index (χ3n) is 3.76. The fraction of sp³-hybridized carbons (Fsp3) is 0.263. The molecule has 0 aliphatic carbocycles. The molecule has 1 unspecified atom stereocenters. The highest BCUT2D eigenvalue weighted by Gasteiger charge is 2.20. The molecular weight excluding hydrogens is 306 g/mol. The van der Waals surface area contributed by atoms with Crippen LogP contribution in [0.4, 0.5) is 5.69 Å². The Bertz CT molecular complexity index is 682. The fourth-order valence-electron chi connectivity index (χ4n) is 2.40. The van der Waals surface area contributed by atoms with Crippen molar-refractivity contribution < 1.29 is 19.4 Å². The van der Waals surface area contributed by atoms with E-state index in [4.69, 9.17) is 9.84 Å². The quantitative estimate of drug-likeness (QED) is 0.818. The molecule has 0 aliphatic heterocycles. The molecule has 2 aromatic rings. The minimum absolute atomic E-state index is 0.254. The van der Waals surface area contributed by atoms with E-state index in [9.17, 15) is 9.59 Å². The largest absolute Gasteiger partial charge is 0.481 e. The Labute approximate surface area is 141 Å². The van der Waals surface area contributed by atoms with Crippen LogP contribution in [0.2, 0.25) is 0 Å². The van der Waals surface area contributed by atoms with E-state index in [-0.39, 0.29) is 5.91 Å². The molecule has 2 aromatic carbocycles. The van der Waals surface area contributed by atoms with Gasteiger partial charge in [-0.1, -0.05) is 49.4 Å². The van der Waals surface area contributed by atoms with Gasteiger partial charge in [-0.3, -0.25) is 9.59 Å². The Kier molecular flexibility index (Phi) is 6.09. The summed E-state index contributed by atoms with van der Waals surface area (Å²) in [5, 5.41) is 11.8. The van der Waals surface area contributed by atoms with Crippen molar-refractivity contribution in [1.82, 2.24) is 0 Å². The predicted octanol–water partition coefficient (Wildman–Crippen LogP) is 3.28. The van der Waals surface area contributed by atoms with E-state index in [2.05, 4.69) is 5.32 Å². The SMILES string of the molecule is CO[C@@H](C(=O)Nc1ccc(CC(C)C(=O)O)cc1)c1ccccc1. The van der Waals surface area contributed by atoms with E-state index in [1.807, 2.05) is 42.5 Å². The third-order valence-corrected chi connectivity index (χ3v) is 3.76. The van der Waals surface area contributed by atoms with E-state index in [1.54, 1.807) is 19.1 Å². The van der Waals surface area contributed by atoms with Gasteiger partial charge in [0.2, 0.25) is 0 Å². The number of carboxylic acids is 1. The van der Waals surface area contributed by atoms with Gasteiger partial charge in [0.1, 0.15) is 0 Å². The molecule has 0 aromatic heterocycles. The van der Waals surface area contributed by atoms with Gasteiger partial charge in [-0.15, -0.1) is 0 Å². The first-order valence-electron chi connectivity index (χ1n) is 7.71. The summed E-state index contributed by atoms with van der Waals surface area (Å²) in [6.45, 7) is 1.67. The van der Waals surface area contributed by atoms with E-state index >= 15 is 0 Å². The molecule has 0 radical (unpaired) electrons. The summed E-state index contributed by atoms with van der Waals surface area (Å²) in [5.41, 5.74) is 2.34. The third kappa shape index (κ3) is 4.67. The number of aliphatic carboxylic acids is 1. The van der Waals surface area contributed by atoms with Crippen LogP contribution < -0.4 is 5.32 Å². The summed E-state index contributed by atoms with van der Waals surface area (Å²) < 4.78 is 5.30. The predicted molar refractivity (Wildman–Crippen MR) is 91.8 cm³/mol. The van der Waals surface area contributed by atoms with Gasteiger partial charge in [-0.05, 0) is 29.7 Å². The van der Waals surface area contributed by atoms with Crippen LogP contribution in [0.3, 0.4) is 0 Å².